The number of hydrogen-bond donors (Lipinski definition) is 2. The summed E-state index contributed by atoms with van der Waals surface area (Å²) in [6.07, 6.45) is 3.27. The lowest BCUT2D eigenvalue weighted by atomic mass is 10.2. The quantitative estimate of drug-likeness (QED) is 0.627. The van der Waals surface area contributed by atoms with Gasteiger partial charge in [0, 0.05) is 37.1 Å². The second-order valence-electron chi connectivity index (χ2n) is 5.60. The zero-order valence-electron chi connectivity index (χ0n) is 13.1. The number of nitrogens with zero attached hydrogens (tertiary/aromatic N) is 3. The van der Waals surface area contributed by atoms with Gasteiger partial charge in [-0.15, -0.1) is 0 Å². The Morgan fingerprint density at radius 1 is 1.39 bits per heavy atom. The van der Waals surface area contributed by atoms with Crippen molar-refractivity contribution >= 4 is 17.6 Å². The third kappa shape index (κ3) is 4.69. The van der Waals surface area contributed by atoms with Gasteiger partial charge in [-0.2, -0.15) is 4.98 Å². The molecular formula is C16H20ClN5O. The fourth-order valence-corrected chi connectivity index (χ4v) is 2.36. The van der Waals surface area contributed by atoms with E-state index in [2.05, 4.69) is 25.8 Å². The minimum absolute atomic E-state index is 0.554. The molecule has 0 saturated heterocycles. The van der Waals surface area contributed by atoms with Gasteiger partial charge in [0.2, 0.25) is 11.7 Å². The van der Waals surface area contributed by atoms with Gasteiger partial charge in [-0.05, 0) is 30.9 Å². The first kappa shape index (κ1) is 15.8. The number of benzene rings is 1. The molecular weight excluding hydrogens is 314 g/mol. The van der Waals surface area contributed by atoms with E-state index in [-0.39, 0.29) is 0 Å². The van der Waals surface area contributed by atoms with Gasteiger partial charge >= 0.3 is 0 Å². The Hall–Kier alpha value is -2.08. The van der Waals surface area contributed by atoms with E-state index in [1.807, 2.05) is 24.3 Å². The van der Waals surface area contributed by atoms with Crippen LogP contribution in [0.3, 0.4) is 0 Å². The highest BCUT2D eigenvalue weighted by molar-refractivity contribution is 6.30. The van der Waals surface area contributed by atoms with Gasteiger partial charge in [0.15, 0.2) is 5.96 Å². The highest BCUT2D eigenvalue weighted by atomic mass is 35.5. The van der Waals surface area contributed by atoms with E-state index in [4.69, 9.17) is 16.1 Å². The molecule has 0 bridgehead atoms. The molecule has 3 rings (SSSR count). The number of rotatable bonds is 6. The van der Waals surface area contributed by atoms with Crippen molar-refractivity contribution < 1.29 is 4.52 Å². The molecule has 6 nitrogen and oxygen atoms in total. The summed E-state index contributed by atoms with van der Waals surface area (Å²) in [7, 11) is 1.77. The first-order valence-corrected chi connectivity index (χ1v) is 8.15. The van der Waals surface area contributed by atoms with Crippen LogP contribution >= 0.6 is 11.6 Å². The van der Waals surface area contributed by atoms with Gasteiger partial charge in [0.05, 0.1) is 0 Å². The monoisotopic (exact) mass is 333 g/mol. The number of aliphatic imine (C=N–C) groups is 1. The molecule has 1 aromatic heterocycles. The molecule has 0 unspecified atom stereocenters. The maximum Gasteiger partial charge on any atom is 0.228 e. The molecule has 1 aliphatic carbocycles. The summed E-state index contributed by atoms with van der Waals surface area (Å²) in [6, 6.07) is 7.40. The van der Waals surface area contributed by atoms with Crippen LogP contribution in [-0.4, -0.2) is 36.2 Å². The molecule has 7 heteroatoms. The van der Waals surface area contributed by atoms with Crippen LogP contribution < -0.4 is 10.6 Å². The van der Waals surface area contributed by atoms with Crippen molar-refractivity contribution in [3.05, 3.63) is 35.2 Å². The fourth-order valence-electron chi connectivity index (χ4n) is 2.17. The lowest BCUT2D eigenvalue weighted by Crippen LogP contribution is -2.39. The molecule has 2 N–H and O–H groups in total. The molecule has 122 valence electrons. The number of aromatic nitrogens is 2. The Kier molecular flexibility index (Phi) is 5.12. The zero-order chi connectivity index (χ0) is 16.1. The third-order valence-electron chi connectivity index (χ3n) is 3.66. The summed E-state index contributed by atoms with van der Waals surface area (Å²) in [5.41, 5.74) is 0.849. The molecule has 1 aliphatic rings. The number of halogens is 1. The highest BCUT2D eigenvalue weighted by Gasteiger charge is 2.21. The summed E-state index contributed by atoms with van der Waals surface area (Å²) < 4.78 is 5.28. The Bertz CT molecular complexity index is 681. The lowest BCUT2D eigenvalue weighted by Gasteiger charge is -2.10. The fraction of sp³-hybridized carbons (Fsp3) is 0.438. The van der Waals surface area contributed by atoms with Gasteiger partial charge < -0.3 is 15.2 Å². The van der Waals surface area contributed by atoms with E-state index in [0.717, 1.165) is 24.0 Å². The predicted octanol–water partition coefficient (Wildman–Crippen LogP) is 2.51. The minimum Gasteiger partial charge on any atom is -0.356 e. The molecule has 0 aliphatic heterocycles. The molecule has 0 atom stereocenters. The summed E-state index contributed by atoms with van der Waals surface area (Å²) in [6.45, 7) is 1.67. The van der Waals surface area contributed by atoms with Crippen LogP contribution in [-0.2, 0) is 6.42 Å². The maximum absolute atomic E-state index is 5.98. The van der Waals surface area contributed by atoms with Crippen LogP contribution in [0.25, 0.3) is 11.4 Å². The van der Waals surface area contributed by atoms with Crippen molar-refractivity contribution in [1.29, 1.82) is 0 Å². The normalized spacial score (nSPS) is 14.8. The SMILES string of the molecule is CN=C(NCCc1nc(-c2cccc(Cl)c2)no1)NCC1CC1. The second kappa shape index (κ2) is 7.46. The highest BCUT2D eigenvalue weighted by Crippen LogP contribution is 2.27. The van der Waals surface area contributed by atoms with Gasteiger partial charge in [-0.3, -0.25) is 4.99 Å². The Morgan fingerprint density at radius 2 is 2.26 bits per heavy atom. The first-order chi connectivity index (χ1) is 11.2. The van der Waals surface area contributed by atoms with Crippen molar-refractivity contribution in [2.75, 3.05) is 20.1 Å². The average Bonchev–Trinajstić information content (AvgIpc) is 3.27. The average molecular weight is 334 g/mol. The van der Waals surface area contributed by atoms with E-state index < -0.39 is 0 Å². The number of nitrogens with one attached hydrogen (secondary N) is 2. The molecule has 1 heterocycles. The standard InChI is InChI=1S/C16H20ClN5O/c1-18-16(20-10-11-5-6-11)19-8-7-14-21-15(22-23-14)12-3-2-4-13(17)9-12/h2-4,9,11H,5-8,10H2,1H3,(H2,18,19,20). The van der Waals surface area contributed by atoms with Crippen molar-refractivity contribution in [2.24, 2.45) is 10.9 Å². The van der Waals surface area contributed by atoms with E-state index in [9.17, 15) is 0 Å². The van der Waals surface area contributed by atoms with Crippen LogP contribution in [0.15, 0.2) is 33.8 Å². The second-order valence-corrected chi connectivity index (χ2v) is 6.03. The predicted molar refractivity (Wildman–Crippen MR) is 90.5 cm³/mol. The molecule has 1 saturated carbocycles. The summed E-state index contributed by atoms with van der Waals surface area (Å²) >= 11 is 5.98. The number of guanidine groups is 1. The molecule has 0 amide bonds. The lowest BCUT2D eigenvalue weighted by molar-refractivity contribution is 0.378. The molecule has 1 fully saturated rings. The van der Waals surface area contributed by atoms with Crippen LogP contribution in [0.2, 0.25) is 5.02 Å². The molecule has 23 heavy (non-hydrogen) atoms. The van der Waals surface area contributed by atoms with Gasteiger partial charge in [0.1, 0.15) is 0 Å². The van der Waals surface area contributed by atoms with Gasteiger partial charge in [-0.1, -0.05) is 28.9 Å². The first-order valence-electron chi connectivity index (χ1n) is 7.77. The van der Waals surface area contributed by atoms with E-state index in [1.54, 1.807) is 7.05 Å². The smallest absolute Gasteiger partial charge is 0.228 e. The number of hydrogen-bond acceptors (Lipinski definition) is 4. The summed E-state index contributed by atoms with van der Waals surface area (Å²) in [5.74, 6) is 2.76. The molecule has 0 radical (unpaired) electrons. The Labute approximate surface area is 140 Å². The van der Waals surface area contributed by atoms with Gasteiger partial charge in [0.25, 0.3) is 0 Å². The Balaban J connectivity index is 1.48. The van der Waals surface area contributed by atoms with E-state index in [1.165, 1.54) is 12.8 Å². The van der Waals surface area contributed by atoms with Crippen LogP contribution in [0.1, 0.15) is 18.7 Å². The van der Waals surface area contributed by atoms with Crippen LogP contribution in [0, 0.1) is 5.92 Å². The van der Waals surface area contributed by atoms with Crippen molar-refractivity contribution in [1.82, 2.24) is 20.8 Å². The molecule has 2 aromatic rings. The summed E-state index contributed by atoms with van der Waals surface area (Å²) in [5, 5.41) is 11.2. The van der Waals surface area contributed by atoms with Crippen LogP contribution in [0.5, 0.6) is 0 Å². The van der Waals surface area contributed by atoms with Crippen molar-refractivity contribution in [3.8, 4) is 11.4 Å². The van der Waals surface area contributed by atoms with Crippen molar-refractivity contribution in [2.45, 2.75) is 19.3 Å². The van der Waals surface area contributed by atoms with E-state index >= 15 is 0 Å². The van der Waals surface area contributed by atoms with Crippen LogP contribution in [0.4, 0.5) is 0 Å². The third-order valence-corrected chi connectivity index (χ3v) is 3.90. The zero-order valence-corrected chi connectivity index (χ0v) is 13.8. The Morgan fingerprint density at radius 3 is 3.00 bits per heavy atom. The molecule has 0 spiro atoms. The van der Waals surface area contributed by atoms with E-state index in [0.29, 0.717) is 29.7 Å². The minimum atomic E-state index is 0.554. The molecule has 1 aromatic carbocycles. The topological polar surface area (TPSA) is 75.3 Å². The van der Waals surface area contributed by atoms with Gasteiger partial charge in [-0.25, -0.2) is 0 Å². The largest absolute Gasteiger partial charge is 0.356 e. The maximum atomic E-state index is 5.98. The summed E-state index contributed by atoms with van der Waals surface area (Å²) in [4.78, 5) is 8.59. The van der Waals surface area contributed by atoms with Crippen molar-refractivity contribution in [3.63, 3.8) is 0 Å².